The number of aliphatic hydroxyl groups is 3. The molecule has 0 unspecified atom stereocenters. The van der Waals surface area contributed by atoms with E-state index < -0.39 is 71.8 Å². The molecule has 1 aliphatic rings. The van der Waals surface area contributed by atoms with Gasteiger partial charge in [-0.05, 0) is 30.7 Å². The Kier molecular flexibility index (Phi) is 6.49. The average molecular weight is 434 g/mol. The van der Waals surface area contributed by atoms with Crippen LogP contribution >= 0.6 is 0 Å². The molecular weight excluding hydrogens is 418 g/mol. The van der Waals surface area contributed by atoms with Crippen LogP contribution < -0.4 is 0 Å². The Balaban J connectivity index is 2.34. The summed E-state index contributed by atoms with van der Waals surface area (Å²) in [5, 5.41) is 38.1. The molecule has 0 aliphatic carbocycles. The van der Waals surface area contributed by atoms with Crippen LogP contribution in [0.4, 0.5) is 26.3 Å². The van der Waals surface area contributed by atoms with Crippen LogP contribution in [-0.2, 0) is 26.6 Å². The van der Waals surface area contributed by atoms with Gasteiger partial charge < -0.3 is 29.9 Å². The monoisotopic (exact) mass is 434 g/mol. The molecule has 1 saturated heterocycles. The molecule has 0 spiro atoms. The molecule has 1 heterocycles. The minimum absolute atomic E-state index is 0.0806. The average Bonchev–Trinajstić information content (AvgIpc) is 2.59. The molecule has 4 N–H and O–H groups in total. The van der Waals surface area contributed by atoms with Crippen LogP contribution in [0.2, 0.25) is 0 Å². The smallest absolute Gasteiger partial charge is 0.416 e. The second-order valence-electron chi connectivity index (χ2n) is 6.35. The Hall–Kier alpha value is -1.93. The number of rotatable bonds is 4. The van der Waals surface area contributed by atoms with Crippen molar-refractivity contribution in [2.24, 2.45) is 0 Å². The minimum atomic E-state index is -5.09. The first-order chi connectivity index (χ1) is 13.1. The van der Waals surface area contributed by atoms with Crippen molar-refractivity contribution in [3.63, 3.8) is 0 Å². The van der Waals surface area contributed by atoms with E-state index in [0.717, 1.165) is 6.92 Å². The normalized spacial score (nSPS) is 29.5. The van der Waals surface area contributed by atoms with E-state index in [-0.39, 0.29) is 6.07 Å². The van der Waals surface area contributed by atoms with E-state index >= 15 is 0 Å². The van der Waals surface area contributed by atoms with Gasteiger partial charge in [-0.25, -0.2) is 4.79 Å². The third-order valence-electron chi connectivity index (χ3n) is 4.23. The van der Waals surface area contributed by atoms with Gasteiger partial charge in [0.05, 0.1) is 17.2 Å². The largest absolute Gasteiger partial charge is 0.479 e. The van der Waals surface area contributed by atoms with Gasteiger partial charge in [-0.15, -0.1) is 0 Å². The summed E-state index contributed by atoms with van der Waals surface area (Å²) in [4.78, 5) is 11.0. The Morgan fingerprint density at radius 1 is 0.966 bits per heavy atom. The molecule has 0 amide bonds. The molecule has 1 fully saturated rings. The summed E-state index contributed by atoms with van der Waals surface area (Å²) < 4.78 is 87.6. The van der Waals surface area contributed by atoms with Gasteiger partial charge in [0.25, 0.3) is 0 Å². The Morgan fingerprint density at radius 3 is 1.86 bits per heavy atom. The Labute approximate surface area is 159 Å². The number of benzene rings is 1. The molecule has 7 nitrogen and oxygen atoms in total. The summed E-state index contributed by atoms with van der Waals surface area (Å²) in [7, 11) is 0. The van der Waals surface area contributed by atoms with Crippen molar-refractivity contribution in [1.82, 2.24) is 0 Å². The Morgan fingerprint density at radius 2 is 1.45 bits per heavy atom. The van der Waals surface area contributed by atoms with Crippen LogP contribution in [-0.4, -0.2) is 57.1 Å². The molecule has 1 aromatic rings. The highest BCUT2D eigenvalue weighted by molar-refractivity contribution is 5.73. The van der Waals surface area contributed by atoms with E-state index in [1.165, 1.54) is 0 Å². The van der Waals surface area contributed by atoms with Gasteiger partial charge in [0.2, 0.25) is 0 Å². The summed E-state index contributed by atoms with van der Waals surface area (Å²) in [5.41, 5.74) is -3.78. The number of hydrogen-bond acceptors (Lipinski definition) is 6. The zero-order valence-electron chi connectivity index (χ0n) is 14.5. The van der Waals surface area contributed by atoms with Crippen molar-refractivity contribution in [3.05, 3.63) is 34.9 Å². The lowest BCUT2D eigenvalue weighted by Crippen LogP contribution is -2.60. The molecule has 164 valence electrons. The molecular formula is C16H16F6O7. The lowest BCUT2D eigenvalue weighted by molar-refractivity contribution is -0.304. The van der Waals surface area contributed by atoms with E-state index in [4.69, 9.17) is 14.6 Å². The van der Waals surface area contributed by atoms with Crippen molar-refractivity contribution < 1.29 is 61.0 Å². The van der Waals surface area contributed by atoms with Crippen molar-refractivity contribution >= 4 is 5.97 Å². The van der Waals surface area contributed by atoms with E-state index in [9.17, 15) is 46.5 Å². The van der Waals surface area contributed by atoms with Crippen molar-refractivity contribution in [3.8, 4) is 0 Å². The zero-order chi connectivity index (χ0) is 22.3. The fourth-order valence-electron chi connectivity index (χ4n) is 2.66. The van der Waals surface area contributed by atoms with E-state index in [0.29, 0.717) is 12.1 Å². The fourth-order valence-corrected chi connectivity index (χ4v) is 2.66. The van der Waals surface area contributed by atoms with Gasteiger partial charge in [-0.2, -0.15) is 26.3 Å². The number of hydrogen-bond donors (Lipinski definition) is 4. The molecule has 2 rings (SSSR count). The second-order valence-corrected chi connectivity index (χ2v) is 6.35. The van der Waals surface area contributed by atoms with E-state index in [1.807, 2.05) is 0 Å². The number of carboxylic acids is 1. The minimum Gasteiger partial charge on any atom is -0.479 e. The highest BCUT2D eigenvalue weighted by Crippen LogP contribution is 2.38. The molecule has 1 aromatic carbocycles. The topological polar surface area (TPSA) is 116 Å². The standard InChI is InChI=1S/C16H16F6O7/c1-5(28-14-11(25)9(23)10(24)12(29-14)13(26)27)6-2-7(15(17,18)19)4-8(3-6)16(20,21)22/h2-5,9-12,14,23-25H,1H3,(H,26,27)/t5-,9+,10+,11-,12+,14-/m1/s1. The first-order valence-corrected chi connectivity index (χ1v) is 8.00. The number of aliphatic carboxylic acids is 1. The summed E-state index contributed by atoms with van der Waals surface area (Å²) in [6.45, 7) is 1.04. The molecule has 0 saturated carbocycles. The third-order valence-corrected chi connectivity index (χ3v) is 4.23. The maximum atomic E-state index is 13.0. The van der Waals surface area contributed by atoms with Crippen molar-refractivity contribution in [2.45, 2.75) is 56.1 Å². The van der Waals surface area contributed by atoms with Crippen LogP contribution in [0.3, 0.4) is 0 Å². The molecule has 29 heavy (non-hydrogen) atoms. The number of ether oxygens (including phenoxy) is 2. The number of carboxylic acid groups (broad SMARTS) is 1. The van der Waals surface area contributed by atoms with Crippen molar-refractivity contribution in [1.29, 1.82) is 0 Å². The maximum Gasteiger partial charge on any atom is 0.416 e. The van der Waals surface area contributed by atoms with Crippen LogP contribution in [0.15, 0.2) is 18.2 Å². The first-order valence-electron chi connectivity index (χ1n) is 8.00. The Bertz CT molecular complexity index is 718. The SMILES string of the molecule is C[C@@H](O[C@@H]1O[C@H](C(=O)O)[C@@H](O)[C@H](O)[C@H]1O)c1cc(C(F)(F)F)cc(C(F)(F)F)c1. The fraction of sp³-hybridized carbons (Fsp3) is 0.562. The predicted octanol–water partition coefficient (Wildman–Crippen LogP) is 1.69. The van der Waals surface area contributed by atoms with Gasteiger partial charge in [0.15, 0.2) is 12.4 Å². The number of halogens is 6. The summed E-state index contributed by atoms with van der Waals surface area (Å²) >= 11 is 0. The van der Waals surface area contributed by atoms with Gasteiger partial charge >= 0.3 is 18.3 Å². The number of carbonyl (C=O) groups is 1. The third kappa shape index (κ3) is 5.17. The zero-order valence-corrected chi connectivity index (χ0v) is 14.5. The predicted molar refractivity (Wildman–Crippen MR) is 80.3 cm³/mol. The van der Waals surface area contributed by atoms with E-state index in [1.54, 1.807) is 0 Å². The van der Waals surface area contributed by atoms with Crippen LogP contribution in [0.25, 0.3) is 0 Å². The molecule has 0 aromatic heterocycles. The van der Waals surface area contributed by atoms with Crippen molar-refractivity contribution in [2.75, 3.05) is 0 Å². The molecule has 6 atom stereocenters. The highest BCUT2D eigenvalue weighted by atomic mass is 19.4. The van der Waals surface area contributed by atoms with Gasteiger partial charge in [-0.1, -0.05) is 0 Å². The number of alkyl halides is 6. The lowest BCUT2D eigenvalue weighted by atomic mass is 9.98. The molecule has 1 aliphatic heterocycles. The van der Waals surface area contributed by atoms with Crippen LogP contribution in [0.5, 0.6) is 0 Å². The highest BCUT2D eigenvalue weighted by Gasteiger charge is 2.48. The second kappa shape index (κ2) is 8.07. The summed E-state index contributed by atoms with van der Waals surface area (Å²) in [6.07, 6.45) is -21.8. The maximum absolute atomic E-state index is 13.0. The van der Waals surface area contributed by atoms with Gasteiger partial charge in [-0.3, -0.25) is 0 Å². The lowest BCUT2D eigenvalue weighted by Gasteiger charge is -2.39. The molecule has 13 heteroatoms. The quantitative estimate of drug-likeness (QED) is 0.533. The van der Waals surface area contributed by atoms with Crippen LogP contribution in [0, 0.1) is 0 Å². The summed E-state index contributed by atoms with van der Waals surface area (Å²) in [6, 6.07) is 0.715. The van der Waals surface area contributed by atoms with Gasteiger partial charge in [0.1, 0.15) is 18.3 Å². The summed E-state index contributed by atoms with van der Waals surface area (Å²) in [5.74, 6) is -1.73. The van der Waals surface area contributed by atoms with Gasteiger partial charge in [0, 0.05) is 0 Å². The van der Waals surface area contributed by atoms with E-state index in [2.05, 4.69) is 0 Å². The van der Waals surface area contributed by atoms with Crippen LogP contribution in [0.1, 0.15) is 29.7 Å². The first kappa shape index (κ1) is 23.3. The molecule has 0 bridgehead atoms. The molecule has 0 radical (unpaired) electrons. The number of aliphatic hydroxyl groups excluding tert-OH is 3.